The molecule has 0 aliphatic carbocycles. The van der Waals surface area contributed by atoms with Crippen LogP contribution in [0.5, 0.6) is 0 Å². The first-order chi connectivity index (χ1) is 16.5. The largest absolute Gasteiger partial charge is 0.342 e. The maximum Gasteiger partial charge on any atom is 0.227 e. The first-order valence-electron chi connectivity index (χ1n) is 12.4. The molecule has 2 fully saturated rings. The van der Waals surface area contributed by atoms with Crippen LogP contribution in [0.15, 0.2) is 42.5 Å². The minimum atomic E-state index is -0.607. The van der Waals surface area contributed by atoms with Crippen LogP contribution < -0.4 is 5.32 Å². The van der Waals surface area contributed by atoms with Gasteiger partial charge in [0.05, 0.1) is 5.92 Å². The molecule has 0 radical (unpaired) electrons. The molecule has 2 unspecified atom stereocenters. The quantitative estimate of drug-likeness (QED) is 0.655. The summed E-state index contributed by atoms with van der Waals surface area (Å²) < 4.78 is 28.3. The minimum absolute atomic E-state index is 0.0518. The van der Waals surface area contributed by atoms with Gasteiger partial charge in [-0.2, -0.15) is 0 Å². The molecule has 1 N–H and O–H groups in total. The van der Waals surface area contributed by atoms with Gasteiger partial charge >= 0.3 is 0 Å². The van der Waals surface area contributed by atoms with E-state index in [4.69, 9.17) is 0 Å². The fourth-order valence-electron chi connectivity index (χ4n) is 5.46. The highest BCUT2D eigenvalue weighted by Gasteiger charge is 2.44. The Balaban J connectivity index is 1.48. The highest BCUT2D eigenvalue weighted by atomic mass is 19.1. The number of benzene rings is 2. The maximum absolute atomic E-state index is 14.7. The van der Waals surface area contributed by atoms with Crippen molar-refractivity contribution in [2.45, 2.75) is 57.9 Å². The molecular weight excluding hydrogens is 448 g/mol. The van der Waals surface area contributed by atoms with Gasteiger partial charge in [-0.3, -0.25) is 14.5 Å². The maximum atomic E-state index is 14.7. The van der Waals surface area contributed by atoms with Gasteiger partial charge in [0.1, 0.15) is 11.6 Å². The molecule has 2 aliphatic heterocycles. The Morgan fingerprint density at radius 3 is 2.34 bits per heavy atom. The van der Waals surface area contributed by atoms with Gasteiger partial charge in [-0.25, -0.2) is 8.78 Å². The zero-order chi connectivity index (χ0) is 25.3. The van der Waals surface area contributed by atoms with Gasteiger partial charge in [-0.1, -0.05) is 18.2 Å². The summed E-state index contributed by atoms with van der Waals surface area (Å²) in [5.41, 5.74) is 2.21. The second-order valence-electron chi connectivity index (χ2n) is 10.9. The van der Waals surface area contributed by atoms with E-state index in [-0.39, 0.29) is 29.2 Å². The molecule has 0 aromatic heterocycles. The van der Waals surface area contributed by atoms with E-state index in [9.17, 15) is 18.4 Å². The second kappa shape index (κ2) is 10.1. The van der Waals surface area contributed by atoms with E-state index in [1.807, 2.05) is 23.1 Å². The lowest BCUT2D eigenvalue weighted by molar-refractivity contribution is -0.136. The third kappa shape index (κ3) is 5.72. The zero-order valence-electron chi connectivity index (χ0n) is 21.0. The van der Waals surface area contributed by atoms with Crippen molar-refractivity contribution in [2.24, 2.45) is 5.92 Å². The Kier molecular flexibility index (Phi) is 7.27. The standard InChI is InChI=1S/C28H35F2N3O2/c1-18(34)31-22-7-5-6-20(14-22)19-10-12-32(13-11-19)27(35)25-17-33(28(2,3)4)16-24(25)23-9-8-21(29)15-26(23)30/h5-9,14-15,19,24-25H,10-13,16-17H2,1-4H3,(H,31,34). The lowest BCUT2D eigenvalue weighted by atomic mass is 9.85. The number of nitrogens with one attached hydrogen (secondary N) is 1. The molecule has 2 aliphatic rings. The number of likely N-dealkylation sites (tertiary alicyclic amines) is 2. The highest BCUT2D eigenvalue weighted by molar-refractivity contribution is 5.88. The molecule has 2 heterocycles. The van der Waals surface area contributed by atoms with Crippen LogP contribution in [0.25, 0.3) is 0 Å². The lowest BCUT2D eigenvalue weighted by Crippen LogP contribution is -2.44. The number of anilines is 1. The van der Waals surface area contributed by atoms with E-state index < -0.39 is 11.6 Å². The highest BCUT2D eigenvalue weighted by Crippen LogP contribution is 2.39. The monoisotopic (exact) mass is 483 g/mol. The van der Waals surface area contributed by atoms with E-state index in [1.165, 1.54) is 19.1 Å². The van der Waals surface area contributed by atoms with E-state index >= 15 is 0 Å². The summed E-state index contributed by atoms with van der Waals surface area (Å²) in [6.45, 7) is 10.2. The average molecular weight is 484 g/mol. The molecule has 2 atom stereocenters. The molecule has 5 nitrogen and oxygen atoms in total. The molecule has 7 heteroatoms. The van der Waals surface area contributed by atoms with E-state index in [0.29, 0.717) is 37.7 Å². The fraction of sp³-hybridized carbons (Fsp3) is 0.500. The fourth-order valence-corrected chi connectivity index (χ4v) is 5.46. The molecule has 4 rings (SSSR count). The third-order valence-corrected chi connectivity index (χ3v) is 7.43. The smallest absolute Gasteiger partial charge is 0.227 e. The molecular formula is C28H35F2N3O2. The molecule has 0 saturated carbocycles. The predicted octanol–water partition coefficient (Wildman–Crippen LogP) is 5.14. The van der Waals surface area contributed by atoms with E-state index in [1.54, 1.807) is 0 Å². The minimum Gasteiger partial charge on any atom is -0.342 e. The second-order valence-corrected chi connectivity index (χ2v) is 10.9. The van der Waals surface area contributed by atoms with Crippen molar-refractivity contribution in [2.75, 3.05) is 31.5 Å². The van der Waals surface area contributed by atoms with Gasteiger partial charge in [0, 0.05) is 56.3 Å². The van der Waals surface area contributed by atoms with Crippen LogP contribution in [-0.4, -0.2) is 53.3 Å². The summed E-state index contributed by atoms with van der Waals surface area (Å²) in [6, 6.07) is 11.6. The summed E-state index contributed by atoms with van der Waals surface area (Å²) in [7, 11) is 0. The Bertz CT molecular complexity index is 1090. The van der Waals surface area contributed by atoms with Crippen LogP contribution in [-0.2, 0) is 9.59 Å². The molecule has 0 bridgehead atoms. The number of hydrogen-bond acceptors (Lipinski definition) is 3. The van der Waals surface area contributed by atoms with Gasteiger partial charge < -0.3 is 10.2 Å². The molecule has 35 heavy (non-hydrogen) atoms. The molecule has 0 spiro atoms. The molecule has 2 aromatic rings. The first-order valence-corrected chi connectivity index (χ1v) is 12.4. The summed E-state index contributed by atoms with van der Waals surface area (Å²) >= 11 is 0. The number of rotatable bonds is 4. The lowest BCUT2D eigenvalue weighted by Gasteiger charge is -2.35. The molecule has 188 valence electrons. The van der Waals surface area contributed by atoms with Gasteiger partial charge in [0.25, 0.3) is 0 Å². The SMILES string of the molecule is CC(=O)Nc1cccc(C2CCN(C(=O)C3CN(C(C)(C)C)CC3c3ccc(F)cc3F)CC2)c1. The van der Waals surface area contributed by atoms with Gasteiger partial charge in [-0.05, 0) is 68.9 Å². The van der Waals surface area contributed by atoms with Crippen molar-refractivity contribution in [3.8, 4) is 0 Å². The number of amides is 2. The van der Waals surface area contributed by atoms with Crippen molar-refractivity contribution < 1.29 is 18.4 Å². The van der Waals surface area contributed by atoms with Crippen LogP contribution in [0, 0.1) is 17.6 Å². The number of carbonyl (C=O) groups excluding carboxylic acids is 2. The van der Waals surface area contributed by atoms with E-state index in [2.05, 4.69) is 37.1 Å². The van der Waals surface area contributed by atoms with E-state index in [0.717, 1.165) is 30.2 Å². The summed E-state index contributed by atoms with van der Waals surface area (Å²) in [5, 5.41) is 2.83. The predicted molar refractivity (Wildman–Crippen MR) is 133 cm³/mol. The van der Waals surface area contributed by atoms with Gasteiger partial charge in [0.15, 0.2) is 0 Å². The summed E-state index contributed by atoms with van der Waals surface area (Å²) in [4.78, 5) is 29.2. The number of hydrogen-bond donors (Lipinski definition) is 1. The van der Waals surface area contributed by atoms with Gasteiger partial charge in [-0.15, -0.1) is 0 Å². The molecule has 2 saturated heterocycles. The third-order valence-electron chi connectivity index (χ3n) is 7.43. The number of nitrogens with zero attached hydrogens (tertiary/aromatic N) is 2. The molecule has 2 amide bonds. The van der Waals surface area contributed by atoms with Crippen LogP contribution in [0.3, 0.4) is 0 Å². The normalized spacial score (nSPS) is 21.8. The van der Waals surface area contributed by atoms with Gasteiger partial charge in [0.2, 0.25) is 11.8 Å². The number of carbonyl (C=O) groups is 2. The van der Waals surface area contributed by atoms with Crippen molar-refractivity contribution >= 4 is 17.5 Å². The Morgan fingerprint density at radius 2 is 1.71 bits per heavy atom. The van der Waals surface area contributed by atoms with Crippen molar-refractivity contribution in [1.29, 1.82) is 0 Å². The van der Waals surface area contributed by atoms with Crippen molar-refractivity contribution in [3.05, 3.63) is 65.2 Å². The molecule has 2 aromatic carbocycles. The van der Waals surface area contributed by atoms with Crippen molar-refractivity contribution in [1.82, 2.24) is 9.80 Å². The Labute approximate surface area is 206 Å². The topological polar surface area (TPSA) is 52.7 Å². The van der Waals surface area contributed by atoms with Crippen LogP contribution >= 0.6 is 0 Å². The average Bonchev–Trinajstić information content (AvgIpc) is 3.24. The van der Waals surface area contributed by atoms with Crippen LogP contribution in [0.4, 0.5) is 14.5 Å². The summed E-state index contributed by atoms with van der Waals surface area (Å²) in [5.74, 6) is -1.60. The van der Waals surface area contributed by atoms with Crippen molar-refractivity contribution in [3.63, 3.8) is 0 Å². The number of halogens is 2. The summed E-state index contributed by atoms with van der Waals surface area (Å²) in [6.07, 6.45) is 1.67. The Hall–Kier alpha value is -2.80. The zero-order valence-corrected chi connectivity index (χ0v) is 21.0. The first kappa shape index (κ1) is 25.3. The Morgan fingerprint density at radius 1 is 1.00 bits per heavy atom. The van der Waals surface area contributed by atoms with Crippen LogP contribution in [0.1, 0.15) is 63.5 Å². The van der Waals surface area contributed by atoms with Crippen LogP contribution in [0.2, 0.25) is 0 Å². The number of piperidine rings is 1.